The summed E-state index contributed by atoms with van der Waals surface area (Å²) in [7, 11) is 0. The number of amides is 1. The number of rotatable bonds is 68. The first-order valence-corrected chi connectivity index (χ1v) is 36.4. The highest BCUT2D eigenvalue weighted by Crippen LogP contribution is 2.18. The summed E-state index contributed by atoms with van der Waals surface area (Å²) in [6, 6.07) is -0.635. The van der Waals surface area contributed by atoms with Crippen LogP contribution in [-0.4, -0.2) is 47.4 Å². The monoisotopic (exact) mass is 1140 g/mol. The number of esters is 1. The molecule has 0 spiro atoms. The molecule has 6 nitrogen and oxygen atoms in total. The molecule has 0 aromatic carbocycles. The Balaban J connectivity index is 3.44. The largest absolute Gasteiger partial charge is 0.466 e. The van der Waals surface area contributed by atoms with Gasteiger partial charge in [0, 0.05) is 12.8 Å². The van der Waals surface area contributed by atoms with E-state index in [4.69, 9.17) is 4.74 Å². The Bertz CT molecular complexity index is 1360. The van der Waals surface area contributed by atoms with Crippen molar-refractivity contribution < 1.29 is 24.5 Å². The number of carbonyl (C=O) groups is 2. The molecule has 0 heterocycles. The minimum absolute atomic E-state index is 0.00361. The molecule has 2 unspecified atom stereocenters. The molecule has 81 heavy (non-hydrogen) atoms. The number of nitrogens with one attached hydrogen (secondary N) is 1. The average molecular weight is 1140 g/mol. The molecule has 3 N–H and O–H groups in total. The Morgan fingerprint density at radius 2 is 0.617 bits per heavy atom. The van der Waals surface area contributed by atoms with Crippen LogP contribution in [0.3, 0.4) is 0 Å². The highest BCUT2D eigenvalue weighted by Gasteiger charge is 2.18. The molecule has 0 rings (SSSR count). The van der Waals surface area contributed by atoms with Crippen molar-refractivity contribution in [2.24, 2.45) is 0 Å². The van der Waals surface area contributed by atoms with Crippen molar-refractivity contribution in [1.29, 1.82) is 0 Å². The number of aliphatic hydroxyl groups excluding tert-OH is 2. The predicted octanol–water partition coefficient (Wildman–Crippen LogP) is 23.6. The predicted molar refractivity (Wildman–Crippen MR) is 356 cm³/mol. The van der Waals surface area contributed by atoms with Crippen LogP contribution in [0.2, 0.25) is 0 Å². The summed E-state index contributed by atoms with van der Waals surface area (Å²) in [4.78, 5) is 24.6. The second-order valence-electron chi connectivity index (χ2n) is 24.9. The first-order chi connectivity index (χ1) is 40.0. The van der Waals surface area contributed by atoms with Gasteiger partial charge in [0.2, 0.25) is 5.91 Å². The van der Waals surface area contributed by atoms with E-state index in [-0.39, 0.29) is 18.5 Å². The summed E-state index contributed by atoms with van der Waals surface area (Å²) in [5, 5.41) is 23.3. The van der Waals surface area contributed by atoms with Crippen molar-refractivity contribution in [2.75, 3.05) is 13.2 Å². The van der Waals surface area contributed by atoms with E-state index in [1.807, 2.05) is 6.08 Å². The van der Waals surface area contributed by atoms with Crippen LogP contribution >= 0.6 is 0 Å². The number of hydrogen-bond donors (Lipinski definition) is 3. The van der Waals surface area contributed by atoms with Crippen LogP contribution < -0.4 is 5.32 Å². The fourth-order valence-corrected chi connectivity index (χ4v) is 11.3. The summed E-state index contributed by atoms with van der Waals surface area (Å²) in [5.74, 6) is -0.0672. The standard InChI is InChI=1S/C75H141NO5/c1-3-5-7-9-11-13-15-17-19-21-22-23-24-26-29-32-36-39-43-47-51-55-59-63-67-73(78)72(71-77)76-74(79)68-64-60-56-52-48-44-40-37-33-30-27-25-28-31-34-38-42-46-50-54-58-62-66-70-81-75(80)69-65-61-57-53-49-45-41-35-20-18-16-14-12-10-8-6-4-2/h12,14,18,20,30,33,63,67,72-73,77-78H,3-11,13,15-17,19,21-29,31-32,34-62,64-66,68-71H2,1-2H3,(H,76,79)/b14-12-,20-18-,33-30-,67-63+. The van der Waals surface area contributed by atoms with Gasteiger partial charge < -0.3 is 20.3 Å². The van der Waals surface area contributed by atoms with Crippen LogP contribution in [0.4, 0.5) is 0 Å². The van der Waals surface area contributed by atoms with Crippen LogP contribution in [0.15, 0.2) is 48.6 Å². The summed E-state index contributed by atoms with van der Waals surface area (Å²) in [5.41, 5.74) is 0. The van der Waals surface area contributed by atoms with Gasteiger partial charge in [0.1, 0.15) is 0 Å². The van der Waals surface area contributed by atoms with E-state index in [2.05, 4.69) is 55.6 Å². The quantitative estimate of drug-likeness (QED) is 0.0320. The highest BCUT2D eigenvalue weighted by atomic mass is 16.5. The number of carbonyl (C=O) groups excluding carboxylic acids is 2. The fourth-order valence-electron chi connectivity index (χ4n) is 11.3. The molecular formula is C75H141NO5. The number of allylic oxidation sites excluding steroid dienone is 7. The third kappa shape index (κ3) is 66.8. The van der Waals surface area contributed by atoms with Crippen molar-refractivity contribution >= 4 is 11.9 Å². The second-order valence-corrected chi connectivity index (χ2v) is 24.9. The summed E-state index contributed by atoms with van der Waals surface area (Å²) >= 11 is 0. The maximum Gasteiger partial charge on any atom is 0.305 e. The van der Waals surface area contributed by atoms with Gasteiger partial charge in [-0.1, -0.05) is 339 Å². The summed E-state index contributed by atoms with van der Waals surface area (Å²) in [6.07, 6.45) is 91.9. The first kappa shape index (κ1) is 78.8. The van der Waals surface area contributed by atoms with Crippen molar-refractivity contribution in [3.63, 3.8) is 0 Å². The molecule has 0 aromatic rings. The Morgan fingerprint density at radius 1 is 0.346 bits per heavy atom. The maximum atomic E-state index is 12.5. The van der Waals surface area contributed by atoms with Crippen LogP contribution in [0.1, 0.15) is 393 Å². The molecule has 0 aliphatic heterocycles. The van der Waals surface area contributed by atoms with E-state index < -0.39 is 12.1 Å². The van der Waals surface area contributed by atoms with E-state index in [9.17, 15) is 19.8 Å². The molecule has 1 amide bonds. The average Bonchev–Trinajstić information content (AvgIpc) is 3.47. The number of ether oxygens (including phenoxy) is 1. The molecular weight excluding hydrogens is 995 g/mol. The highest BCUT2D eigenvalue weighted by molar-refractivity contribution is 5.76. The minimum atomic E-state index is -0.851. The molecule has 0 radical (unpaired) electrons. The van der Waals surface area contributed by atoms with Crippen LogP contribution in [-0.2, 0) is 14.3 Å². The SMILES string of the molecule is CCCCC/C=C\C/C=C\CCCCCCCCCC(=O)OCCCCCCCCCCCCCC/C=C\CCCCCCCCCC(=O)NC(CO)C(O)/C=C/CCCCCCCCCCCCCCCCCCCCCCCC. The van der Waals surface area contributed by atoms with Crippen molar-refractivity contribution in [2.45, 2.75) is 405 Å². The molecule has 476 valence electrons. The lowest BCUT2D eigenvalue weighted by molar-refractivity contribution is -0.143. The van der Waals surface area contributed by atoms with Crippen molar-refractivity contribution in [3.8, 4) is 0 Å². The molecule has 0 aliphatic rings. The van der Waals surface area contributed by atoms with Gasteiger partial charge in [-0.15, -0.1) is 0 Å². The number of hydrogen-bond acceptors (Lipinski definition) is 5. The van der Waals surface area contributed by atoms with Gasteiger partial charge in [-0.3, -0.25) is 9.59 Å². The Labute approximate surface area is 506 Å². The van der Waals surface area contributed by atoms with E-state index in [1.54, 1.807) is 6.08 Å². The summed E-state index contributed by atoms with van der Waals surface area (Å²) in [6.45, 7) is 4.90. The van der Waals surface area contributed by atoms with E-state index in [1.165, 1.54) is 308 Å². The molecule has 0 saturated heterocycles. The second kappa shape index (κ2) is 70.3. The maximum absolute atomic E-state index is 12.5. The molecule has 0 aromatic heterocycles. The fraction of sp³-hybridized carbons (Fsp3) is 0.867. The van der Waals surface area contributed by atoms with Gasteiger partial charge in [-0.2, -0.15) is 0 Å². The number of unbranched alkanes of at least 4 members (excludes halogenated alkanes) is 51. The lowest BCUT2D eigenvalue weighted by Crippen LogP contribution is -2.45. The van der Waals surface area contributed by atoms with Gasteiger partial charge in [-0.25, -0.2) is 0 Å². The third-order valence-electron chi connectivity index (χ3n) is 16.8. The van der Waals surface area contributed by atoms with E-state index in [0.717, 1.165) is 57.8 Å². The topological polar surface area (TPSA) is 95.9 Å². The van der Waals surface area contributed by atoms with Crippen LogP contribution in [0.25, 0.3) is 0 Å². The van der Waals surface area contributed by atoms with Crippen LogP contribution in [0, 0.1) is 0 Å². The Hall–Kier alpha value is -2.18. The molecule has 2 atom stereocenters. The van der Waals surface area contributed by atoms with Gasteiger partial charge in [0.05, 0.1) is 25.4 Å². The lowest BCUT2D eigenvalue weighted by atomic mass is 10.0. The first-order valence-electron chi connectivity index (χ1n) is 36.4. The summed E-state index contributed by atoms with van der Waals surface area (Å²) < 4.78 is 5.50. The van der Waals surface area contributed by atoms with E-state index >= 15 is 0 Å². The smallest absolute Gasteiger partial charge is 0.305 e. The van der Waals surface area contributed by atoms with E-state index in [0.29, 0.717) is 19.4 Å². The van der Waals surface area contributed by atoms with Gasteiger partial charge >= 0.3 is 5.97 Å². The Kier molecular flexibility index (Phi) is 68.4. The molecule has 0 aliphatic carbocycles. The molecule has 6 heteroatoms. The Morgan fingerprint density at radius 3 is 0.975 bits per heavy atom. The zero-order chi connectivity index (χ0) is 58.5. The number of aliphatic hydroxyl groups is 2. The van der Waals surface area contributed by atoms with Gasteiger partial charge in [-0.05, 0) is 89.9 Å². The zero-order valence-corrected chi connectivity index (χ0v) is 54.5. The minimum Gasteiger partial charge on any atom is -0.466 e. The molecule has 0 saturated carbocycles. The van der Waals surface area contributed by atoms with Crippen molar-refractivity contribution in [3.05, 3.63) is 48.6 Å². The zero-order valence-electron chi connectivity index (χ0n) is 54.5. The molecule has 0 fully saturated rings. The third-order valence-corrected chi connectivity index (χ3v) is 16.8. The lowest BCUT2D eigenvalue weighted by Gasteiger charge is -2.20. The molecule has 0 bridgehead atoms. The van der Waals surface area contributed by atoms with Gasteiger partial charge in [0.25, 0.3) is 0 Å². The van der Waals surface area contributed by atoms with Crippen LogP contribution in [0.5, 0.6) is 0 Å². The van der Waals surface area contributed by atoms with Crippen molar-refractivity contribution in [1.82, 2.24) is 5.32 Å². The normalized spacial score (nSPS) is 12.8. The van der Waals surface area contributed by atoms with Gasteiger partial charge in [0.15, 0.2) is 0 Å².